The van der Waals surface area contributed by atoms with E-state index in [0.29, 0.717) is 13.1 Å². The van der Waals surface area contributed by atoms with Crippen LogP contribution in [-0.2, 0) is 9.59 Å². The second-order valence-electron chi connectivity index (χ2n) is 4.21. The van der Waals surface area contributed by atoms with Gasteiger partial charge in [-0.15, -0.1) is 0 Å². The summed E-state index contributed by atoms with van der Waals surface area (Å²) in [6.07, 6.45) is 4.09. The zero-order valence-corrected chi connectivity index (χ0v) is 10.1. The summed E-state index contributed by atoms with van der Waals surface area (Å²) in [5.74, 6) is -0.204. The molecule has 0 aliphatic carbocycles. The van der Waals surface area contributed by atoms with Crippen molar-refractivity contribution >= 4 is 17.9 Å². The predicted molar refractivity (Wildman–Crippen MR) is 69.7 cm³/mol. The van der Waals surface area contributed by atoms with E-state index < -0.39 is 0 Å². The number of benzene rings is 1. The van der Waals surface area contributed by atoms with E-state index in [1.165, 1.54) is 6.08 Å². The van der Waals surface area contributed by atoms with Crippen LogP contribution in [-0.4, -0.2) is 36.3 Å². The fourth-order valence-electron chi connectivity index (χ4n) is 1.83. The number of hydrogen-bond acceptors (Lipinski definition) is 2. The van der Waals surface area contributed by atoms with Crippen molar-refractivity contribution in [1.82, 2.24) is 10.2 Å². The molecule has 4 nitrogen and oxygen atoms in total. The number of rotatable bonds is 2. The molecule has 1 aliphatic rings. The minimum absolute atomic E-state index is 0.0889. The first-order valence-electron chi connectivity index (χ1n) is 6.04. The zero-order valence-electron chi connectivity index (χ0n) is 10.1. The lowest BCUT2D eigenvalue weighted by atomic mass is 10.2. The Morgan fingerprint density at radius 3 is 2.83 bits per heavy atom. The molecule has 1 saturated heterocycles. The van der Waals surface area contributed by atoms with Gasteiger partial charge in [-0.05, 0) is 18.1 Å². The lowest BCUT2D eigenvalue weighted by Crippen LogP contribution is -2.36. The van der Waals surface area contributed by atoms with E-state index in [9.17, 15) is 9.59 Å². The second kappa shape index (κ2) is 6.00. The molecular formula is C14H16N2O2. The smallest absolute Gasteiger partial charge is 0.247 e. The maximum absolute atomic E-state index is 11.9. The van der Waals surface area contributed by atoms with Crippen molar-refractivity contribution in [3.63, 3.8) is 0 Å². The van der Waals surface area contributed by atoms with Crippen molar-refractivity contribution in [2.24, 2.45) is 0 Å². The molecule has 0 aromatic heterocycles. The summed E-state index contributed by atoms with van der Waals surface area (Å²) >= 11 is 0. The van der Waals surface area contributed by atoms with Crippen LogP contribution in [0.5, 0.6) is 0 Å². The van der Waals surface area contributed by atoms with Gasteiger partial charge in [0.2, 0.25) is 11.8 Å². The van der Waals surface area contributed by atoms with Gasteiger partial charge in [0.25, 0.3) is 0 Å². The predicted octanol–water partition coefficient (Wildman–Crippen LogP) is 1.05. The summed E-state index contributed by atoms with van der Waals surface area (Å²) in [7, 11) is 0. The monoisotopic (exact) mass is 244 g/mol. The number of hydrogen-bond donors (Lipinski definition) is 1. The summed E-state index contributed by atoms with van der Waals surface area (Å²) in [6, 6.07) is 9.63. The van der Waals surface area contributed by atoms with Crippen molar-refractivity contribution in [2.45, 2.75) is 6.42 Å². The van der Waals surface area contributed by atoms with E-state index in [1.54, 1.807) is 11.0 Å². The molecule has 18 heavy (non-hydrogen) atoms. The molecule has 0 bridgehead atoms. The lowest BCUT2D eigenvalue weighted by Gasteiger charge is -2.16. The first-order valence-corrected chi connectivity index (χ1v) is 6.04. The van der Waals surface area contributed by atoms with E-state index in [-0.39, 0.29) is 18.4 Å². The van der Waals surface area contributed by atoms with Crippen LogP contribution in [0.3, 0.4) is 0 Å². The standard InChI is InChI=1S/C14H16N2O2/c17-13-11-16(10-4-9-15-13)14(18)8-7-12-5-2-1-3-6-12/h1-3,5-8H,4,9-11H2,(H,15,17). The topological polar surface area (TPSA) is 49.4 Å². The minimum atomic E-state index is -0.115. The minimum Gasteiger partial charge on any atom is -0.354 e. The van der Waals surface area contributed by atoms with Crippen molar-refractivity contribution in [1.29, 1.82) is 0 Å². The highest BCUT2D eigenvalue weighted by atomic mass is 16.2. The van der Waals surface area contributed by atoms with Gasteiger partial charge in [-0.25, -0.2) is 0 Å². The van der Waals surface area contributed by atoms with Gasteiger partial charge in [0.1, 0.15) is 0 Å². The summed E-state index contributed by atoms with van der Waals surface area (Å²) in [4.78, 5) is 24.8. The third-order valence-corrected chi connectivity index (χ3v) is 2.79. The second-order valence-corrected chi connectivity index (χ2v) is 4.21. The Morgan fingerprint density at radius 2 is 2.06 bits per heavy atom. The molecule has 94 valence electrons. The van der Waals surface area contributed by atoms with Crippen LogP contribution < -0.4 is 5.32 Å². The van der Waals surface area contributed by atoms with Gasteiger partial charge in [-0.3, -0.25) is 9.59 Å². The Bertz CT molecular complexity index is 454. The SMILES string of the molecule is O=C1CN(C(=O)C=Cc2ccccc2)CCCN1. The number of nitrogens with one attached hydrogen (secondary N) is 1. The van der Waals surface area contributed by atoms with Crippen LogP contribution in [0.15, 0.2) is 36.4 Å². The lowest BCUT2D eigenvalue weighted by molar-refractivity contribution is -0.131. The Hall–Kier alpha value is -2.10. The average Bonchev–Trinajstić information content (AvgIpc) is 2.62. The number of carbonyl (C=O) groups excluding carboxylic acids is 2. The summed E-state index contributed by atoms with van der Waals surface area (Å²) in [5, 5.41) is 2.75. The van der Waals surface area contributed by atoms with E-state index >= 15 is 0 Å². The fraction of sp³-hybridized carbons (Fsp3) is 0.286. The van der Waals surface area contributed by atoms with E-state index in [1.807, 2.05) is 30.3 Å². The van der Waals surface area contributed by atoms with E-state index in [0.717, 1.165) is 12.0 Å². The molecule has 0 spiro atoms. The fourth-order valence-corrected chi connectivity index (χ4v) is 1.83. The van der Waals surface area contributed by atoms with Gasteiger partial charge in [-0.1, -0.05) is 30.3 Å². The normalized spacial score (nSPS) is 16.4. The number of nitrogens with zero attached hydrogens (tertiary/aromatic N) is 1. The van der Waals surface area contributed by atoms with Crippen LogP contribution in [0, 0.1) is 0 Å². The first-order chi connectivity index (χ1) is 8.75. The van der Waals surface area contributed by atoms with Crippen molar-refractivity contribution < 1.29 is 9.59 Å². The molecular weight excluding hydrogens is 228 g/mol. The van der Waals surface area contributed by atoms with Crippen LogP contribution >= 0.6 is 0 Å². The van der Waals surface area contributed by atoms with Gasteiger partial charge in [-0.2, -0.15) is 0 Å². The van der Waals surface area contributed by atoms with Gasteiger partial charge in [0, 0.05) is 19.2 Å². The molecule has 0 saturated carbocycles. The highest BCUT2D eigenvalue weighted by molar-refractivity contribution is 5.94. The van der Waals surface area contributed by atoms with Gasteiger partial charge in [0.05, 0.1) is 6.54 Å². The Labute approximate surface area is 106 Å². The Kier molecular flexibility index (Phi) is 4.12. The van der Waals surface area contributed by atoms with Crippen molar-refractivity contribution in [3.05, 3.63) is 42.0 Å². The Balaban J connectivity index is 1.98. The number of carbonyl (C=O) groups is 2. The highest BCUT2D eigenvalue weighted by Crippen LogP contribution is 2.03. The van der Waals surface area contributed by atoms with Gasteiger partial charge in [0.15, 0.2) is 0 Å². The molecule has 1 aromatic carbocycles. The molecule has 0 radical (unpaired) electrons. The molecule has 1 aliphatic heterocycles. The molecule has 1 N–H and O–H groups in total. The summed E-state index contributed by atoms with van der Waals surface area (Å²) < 4.78 is 0. The molecule has 1 fully saturated rings. The van der Waals surface area contributed by atoms with Crippen LogP contribution in [0.25, 0.3) is 6.08 Å². The molecule has 1 heterocycles. The van der Waals surface area contributed by atoms with Crippen molar-refractivity contribution in [2.75, 3.05) is 19.6 Å². The first kappa shape index (κ1) is 12.4. The summed E-state index contributed by atoms with van der Waals surface area (Å²) in [5.41, 5.74) is 0.977. The molecule has 2 rings (SSSR count). The number of amides is 2. The highest BCUT2D eigenvalue weighted by Gasteiger charge is 2.17. The molecule has 0 atom stereocenters. The van der Waals surface area contributed by atoms with Crippen LogP contribution in [0.1, 0.15) is 12.0 Å². The maximum atomic E-state index is 11.9. The van der Waals surface area contributed by atoms with Gasteiger partial charge >= 0.3 is 0 Å². The quantitative estimate of drug-likeness (QED) is 0.790. The zero-order chi connectivity index (χ0) is 12.8. The van der Waals surface area contributed by atoms with Crippen LogP contribution in [0.4, 0.5) is 0 Å². The molecule has 1 aromatic rings. The molecule has 4 heteroatoms. The van der Waals surface area contributed by atoms with Gasteiger partial charge < -0.3 is 10.2 Å². The maximum Gasteiger partial charge on any atom is 0.247 e. The van der Waals surface area contributed by atoms with E-state index in [4.69, 9.17) is 0 Å². The largest absolute Gasteiger partial charge is 0.354 e. The average molecular weight is 244 g/mol. The third kappa shape index (κ3) is 3.45. The Morgan fingerprint density at radius 1 is 1.28 bits per heavy atom. The molecule has 0 unspecified atom stereocenters. The van der Waals surface area contributed by atoms with Crippen molar-refractivity contribution in [3.8, 4) is 0 Å². The molecule has 2 amide bonds. The van der Waals surface area contributed by atoms with Crippen LogP contribution in [0.2, 0.25) is 0 Å². The third-order valence-electron chi connectivity index (χ3n) is 2.79. The van der Waals surface area contributed by atoms with E-state index in [2.05, 4.69) is 5.32 Å². The summed E-state index contributed by atoms with van der Waals surface area (Å²) in [6.45, 7) is 1.42.